The van der Waals surface area contributed by atoms with Gasteiger partial charge in [0, 0.05) is 0 Å². The zero-order valence-corrected chi connectivity index (χ0v) is 8.68. The normalized spacial score (nSPS) is 10.9. The van der Waals surface area contributed by atoms with Gasteiger partial charge in [-0.3, -0.25) is 10.6 Å². The van der Waals surface area contributed by atoms with Crippen LogP contribution in [-0.2, 0) is 0 Å². The Bertz CT molecular complexity index is 270. The lowest BCUT2D eigenvalue weighted by molar-refractivity contribution is 0.459. The van der Waals surface area contributed by atoms with Crippen molar-refractivity contribution in [2.24, 2.45) is 0 Å². The van der Waals surface area contributed by atoms with Crippen molar-refractivity contribution < 1.29 is 4.39 Å². The molecule has 0 aliphatic heterocycles. The highest BCUT2D eigenvalue weighted by atomic mass is 19.1. The first-order valence-electron chi connectivity index (χ1n) is 5.00. The fourth-order valence-electron chi connectivity index (χ4n) is 1.40. The van der Waals surface area contributed by atoms with E-state index in [1.165, 1.54) is 6.07 Å². The van der Waals surface area contributed by atoms with E-state index in [-0.39, 0.29) is 12.0 Å². The van der Waals surface area contributed by atoms with Gasteiger partial charge in [-0.05, 0) is 30.8 Å². The number of hydrogen-bond donors (Lipinski definition) is 2. The summed E-state index contributed by atoms with van der Waals surface area (Å²) in [6.45, 7) is 5.77. The molecule has 1 aromatic carbocycles. The van der Waals surface area contributed by atoms with Crippen LogP contribution in [0.3, 0.4) is 0 Å². The lowest BCUT2D eigenvalue weighted by atomic mass is 10.1. The summed E-state index contributed by atoms with van der Waals surface area (Å²) in [5.74, 6) is -0.191. The van der Waals surface area contributed by atoms with Gasteiger partial charge in [-0.2, -0.15) is 0 Å². The molecule has 2 nitrogen and oxygen atoms in total. The van der Waals surface area contributed by atoms with Gasteiger partial charge in [-0.25, -0.2) is 4.39 Å². The summed E-state index contributed by atoms with van der Waals surface area (Å²) < 4.78 is 13.0. The molecule has 1 aromatic rings. The topological polar surface area (TPSA) is 24.1 Å². The smallest absolute Gasteiger partial charge is 0.123 e. The molecule has 2 N–H and O–H groups in total. The molecule has 0 unspecified atom stereocenters. The zero-order valence-electron chi connectivity index (χ0n) is 8.68. The highest BCUT2D eigenvalue weighted by molar-refractivity contribution is 5.19. The highest BCUT2D eigenvalue weighted by Crippen LogP contribution is 2.11. The van der Waals surface area contributed by atoms with Crippen molar-refractivity contribution in [1.29, 1.82) is 0 Å². The van der Waals surface area contributed by atoms with Crippen molar-refractivity contribution >= 4 is 0 Å². The molecule has 78 valence electrons. The van der Waals surface area contributed by atoms with Crippen LogP contribution < -0.4 is 10.6 Å². The maximum Gasteiger partial charge on any atom is 0.123 e. The number of nitrogens with one attached hydrogen (secondary N) is 2. The van der Waals surface area contributed by atoms with E-state index in [4.69, 9.17) is 0 Å². The molecule has 0 aliphatic carbocycles. The third-order valence-electron chi connectivity index (χ3n) is 2.00. The summed E-state index contributed by atoms with van der Waals surface area (Å²) >= 11 is 0. The largest absolute Gasteiger partial charge is 0.298 e. The van der Waals surface area contributed by atoms with Crippen LogP contribution in [0.2, 0.25) is 0 Å². The SMILES string of the molecule is CCNC(NCC)c1cccc(F)c1. The van der Waals surface area contributed by atoms with Gasteiger partial charge in [-0.15, -0.1) is 0 Å². The van der Waals surface area contributed by atoms with Crippen LogP contribution in [0.1, 0.15) is 25.6 Å². The standard InChI is InChI=1S/C11H17FN2/c1-3-13-11(14-4-2)9-6-5-7-10(12)8-9/h5-8,11,13-14H,3-4H2,1-2H3. The monoisotopic (exact) mass is 196 g/mol. The van der Waals surface area contributed by atoms with Crippen LogP contribution in [0.25, 0.3) is 0 Å². The lowest BCUT2D eigenvalue weighted by Gasteiger charge is -2.18. The minimum atomic E-state index is -0.191. The maximum atomic E-state index is 13.0. The second kappa shape index (κ2) is 5.73. The van der Waals surface area contributed by atoms with Crippen molar-refractivity contribution in [3.05, 3.63) is 35.6 Å². The predicted octanol–water partition coefficient (Wildman–Crippen LogP) is 2.04. The van der Waals surface area contributed by atoms with Gasteiger partial charge in [0.05, 0.1) is 6.17 Å². The van der Waals surface area contributed by atoms with Crippen LogP contribution in [-0.4, -0.2) is 13.1 Å². The molecule has 0 saturated heterocycles. The molecular formula is C11H17FN2. The molecular weight excluding hydrogens is 179 g/mol. The third kappa shape index (κ3) is 3.09. The Morgan fingerprint density at radius 3 is 2.36 bits per heavy atom. The van der Waals surface area contributed by atoms with Crippen LogP contribution in [0.15, 0.2) is 24.3 Å². The molecule has 3 heteroatoms. The van der Waals surface area contributed by atoms with E-state index in [9.17, 15) is 4.39 Å². The van der Waals surface area contributed by atoms with E-state index in [1.54, 1.807) is 12.1 Å². The van der Waals surface area contributed by atoms with Gasteiger partial charge < -0.3 is 0 Å². The van der Waals surface area contributed by atoms with Crippen LogP contribution in [0, 0.1) is 5.82 Å². The van der Waals surface area contributed by atoms with Crippen molar-refractivity contribution in [1.82, 2.24) is 10.6 Å². The lowest BCUT2D eigenvalue weighted by Crippen LogP contribution is -2.33. The minimum Gasteiger partial charge on any atom is -0.298 e. The molecule has 14 heavy (non-hydrogen) atoms. The van der Waals surface area contributed by atoms with E-state index in [0.29, 0.717) is 0 Å². The number of benzene rings is 1. The molecule has 0 atom stereocenters. The molecule has 0 bridgehead atoms. The summed E-state index contributed by atoms with van der Waals surface area (Å²) in [4.78, 5) is 0. The second-order valence-corrected chi connectivity index (χ2v) is 3.10. The minimum absolute atomic E-state index is 0.0423. The van der Waals surface area contributed by atoms with E-state index < -0.39 is 0 Å². The average molecular weight is 196 g/mol. The molecule has 0 radical (unpaired) electrons. The first-order chi connectivity index (χ1) is 6.77. The van der Waals surface area contributed by atoms with Crippen LogP contribution in [0.5, 0.6) is 0 Å². The van der Waals surface area contributed by atoms with E-state index in [0.717, 1.165) is 18.7 Å². The van der Waals surface area contributed by atoms with Crippen LogP contribution >= 0.6 is 0 Å². The number of halogens is 1. The van der Waals surface area contributed by atoms with Gasteiger partial charge >= 0.3 is 0 Å². The molecule has 1 rings (SSSR count). The van der Waals surface area contributed by atoms with E-state index in [2.05, 4.69) is 10.6 Å². The average Bonchev–Trinajstić information content (AvgIpc) is 2.17. The van der Waals surface area contributed by atoms with Gasteiger partial charge in [0.15, 0.2) is 0 Å². The van der Waals surface area contributed by atoms with Gasteiger partial charge in [0.25, 0.3) is 0 Å². The Labute approximate surface area is 84.5 Å². The maximum absolute atomic E-state index is 13.0. The Morgan fingerprint density at radius 1 is 1.21 bits per heavy atom. The van der Waals surface area contributed by atoms with Crippen molar-refractivity contribution in [2.75, 3.05) is 13.1 Å². The van der Waals surface area contributed by atoms with Crippen molar-refractivity contribution in [3.63, 3.8) is 0 Å². The first kappa shape index (κ1) is 11.1. The van der Waals surface area contributed by atoms with Gasteiger partial charge in [-0.1, -0.05) is 26.0 Å². The van der Waals surface area contributed by atoms with E-state index >= 15 is 0 Å². The Balaban J connectivity index is 2.75. The molecule has 0 amide bonds. The second-order valence-electron chi connectivity index (χ2n) is 3.10. The molecule has 0 spiro atoms. The molecule has 0 aromatic heterocycles. The van der Waals surface area contributed by atoms with E-state index in [1.807, 2.05) is 19.9 Å². The van der Waals surface area contributed by atoms with Gasteiger partial charge in [0.2, 0.25) is 0 Å². The summed E-state index contributed by atoms with van der Waals surface area (Å²) in [5.41, 5.74) is 0.939. The van der Waals surface area contributed by atoms with Crippen molar-refractivity contribution in [2.45, 2.75) is 20.0 Å². The molecule has 0 aliphatic rings. The summed E-state index contributed by atoms with van der Waals surface area (Å²) in [6.07, 6.45) is 0.0423. The predicted molar refractivity (Wildman–Crippen MR) is 56.5 cm³/mol. The summed E-state index contributed by atoms with van der Waals surface area (Å²) in [6, 6.07) is 6.65. The number of rotatable bonds is 5. The first-order valence-corrected chi connectivity index (χ1v) is 5.00. The van der Waals surface area contributed by atoms with Crippen LogP contribution in [0.4, 0.5) is 4.39 Å². The fourth-order valence-corrected chi connectivity index (χ4v) is 1.40. The number of hydrogen-bond acceptors (Lipinski definition) is 2. The molecule has 0 fully saturated rings. The summed E-state index contributed by atoms with van der Waals surface area (Å²) in [7, 11) is 0. The summed E-state index contributed by atoms with van der Waals surface area (Å²) in [5, 5.41) is 6.50. The van der Waals surface area contributed by atoms with Gasteiger partial charge in [0.1, 0.15) is 5.82 Å². The third-order valence-corrected chi connectivity index (χ3v) is 2.00. The highest BCUT2D eigenvalue weighted by Gasteiger charge is 2.08. The Kier molecular flexibility index (Phi) is 4.56. The Hall–Kier alpha value is -0.930. The zero-order chi connectivity index (χ0) is 10.4. The molecule has 0 heterocycles. The quantitative estimate of drug-likeness (QED) is 0.704. The molecule has 0 saturated carbocycles. The Morgan fingerprint density at radius 2 is 1.86 bits per heavy atom. The van der Waals surface area contributed by atoms with Crippen molar-refractivity contribution in [3.8, 4) is 0 Å². The fraction of sp³-hybridized carbons (Fsp3) is 0.455.